The fraction of sp³-hybridized carbons (Fsp3) is 0.391. The molecule has 2 heterocycles. The number of likely N-dealkylation sites (tertiary alicyclic amines) is 1. The van der Waals surface area contributed by atoms with Crippen LogP contribution in [0.25, 0.3) is 0 Å². The number of rotatable bonds is 6. The first-order chi connectivity index (χ1) is 14.7. The third-order valence-electron chi connectivity index (χ3n) is 5.79. The highest BCUT2D eigenvalue weighted by molar-refractivity contribution is 5.83. The van der Waals surface area contributed by atoms with Crippen molar-refractivity contribution in [3.8, 4) is 0 Å². The summed E-state index contributed by atoms with van der Waals surface area (Å²) >= 11 is 0. The molecule has 2 aliphatic heterocycles. The van der Waals surface area contributed by atoms with Crippen molar-refractivity contribution in [2.75, 3.05) is 20.3 Å². The fourth-order valence-electron chi connectivity index (χ4n) is 4.33. The molecule has 1 amide bonds. The van der Waals surface area contributed by atoms with Gasteiger partial charge in [0.15, 0.2) is 0 Å². The molecule has 2 aromatic rings. The van der Waals surface area contributed by atoms with E-state index < -0.39 is 18.1 Å². The Bertz CT molecular complexity index is 860. The van der Waals surface area contributed by atoms with E-state index >= 15 is 0 Å². The first-order valence-electron chi connectivity index (χ1n) is 10.1. The van der Waals surface area contributed by atoms with Gasteiger partial charge >= 0.3 is 12.1 Å². The van der Waals surface area contributed by atoms with Crippen molar-refractivity contribution in [1.82, 2.24) is 10.2 Å². The molecular weight excluding hydrogens is 384 g/mol. The minimum Gasteiger partial charge on any atom is -0.459 e. The van der Waals surface area contributed by atoms with E-state index in [2.05, 4.69) is 5.32 Å². The molecule has 2 saturated heterocycles. The van der Waals surface area contributed by atoms with Gasteiger partial charge in [0.1, 0.15) is 12.6 Å². The molecule has 4 rings (SSSR count). The molecule has 2 aliphatic rings. The van der Waals surface area contributed by atoms with Gasteiger partial charge in [-0.1, -0.05) is 60.7 Å². The summed E-state index contributed by atoms with van der Waals surface area (Å²) in [5.41, 5.74) is 1.99. The average molecular weight is 410 g/mol. The monoisotopic (exact) mass is 410 g/mol. The highest BCUT2D eigenvalue weighted by atomic mass is 16.6. The second kappa shape index (κ2) is 9.28. The predicted molar refractivity (Wildman–Crippen MR) is 109 cm³/mol. The maximum absolute atomic E-state index is 13.1. The Morgan fingerprint density at radius 2 is 1.70 bits per heavy atom. The van der Waals surface area contributed by atoms with Crippen molar-refractivity contribution in [2.45, 2.75) is 31.3 Å². The Hall–Kier alpha value is -2.90. The number of hydrogen-bond acceptors (Lipinski definition) is 6. The molecule has 4 atom stereocenters. The zero-order valence-electron chi connectivity index (χ0n) is 16.9. The van der Waals surface area contributed by atoms with E-state index in [0.29, 0.717) is 19.8 Å². The average Bonchev–Trinajstić information content (AvgIpc) is 3.38. The first-order valence-corrected chi connectivity index (χ1v) is 10.1. The topological polar surface area (TPSA) is 77.1 Å². The molecule has 7 heteroatoms. The number of benzene rings is 2. The van der Waals surface area contributed by atoms with Crippen molar-refractivity contribution in [3.63, 3.8) is 0 Å². The summed E-state index contributed by atoms with van der Waals surface area (Å²) in [7, 11) is 1.32. The van der Waals surface area contributed by atoms with E-state index in [-0.39, 0.29) is 24.6 Å². The van der Waals surface area contributed by atoms with Crippen molar-refractivity contribution in [2.24, 2.45) is 5.92 Å². The van der Waals surface area contributed by atoms with Gasteiger partial charge in [-0.3, -0.25) is 4.90 Å². The lowest BCUT2D eigenvalue weighted by Gasteiger charge is -2.29. The van der Waals surface area contributed by atoms with Gasteiger partial charge < -0.3 is 19.5 Å². The molecule has 2 aromatic carbocycles. The van der Waals surface area contributed by atoms with Crippen molar-refractivity contribution >= 4 is 12.1 Å². The second-order valence-electron chi connectivity index (χ2n) is 7.58. The SMILES string of the molecule is COC(=O)N1[C@@H]2COC[C@@H]2[C@H](NCc2ccccc2)[C@@H]1C(=O)OCc1ccccc1. The fourth-order valence-corrected chi connectivity index (χ4v) is 4.33. The van der Waals surface area contributed by atoms with Crippen LogP contribution < -0.4 is 5.32 Å². The van der Waals surface area contributed by atoms with Crippen LogP contribution in [0.1, 0.15) is 11.1 Å². The summed E-state index contributed by atoms with van der Waals surface area (Å²) in [6, 6.07) is 18.1. The zero-order chi connectivity index (χ0) is 20.9. The van der Waals surface area contributed by atoms with E-state index in [1.807, 2.05) is 60.7 Å². The Morgan fingerprint density at radius 1 is 1.03 bits per heavy atom. The quantitative estimate of drug-likeness (QED) is 0.737. The minimum atomic E-state index is -0.774. The van der Waals surface area contributed by atoms with Crippen molar-refractivity contribution in [1.29, 1.82) is 0 Å². The molecule has 0 spiro atoms. The Labute approximate surface area is 175 Å². The van der Waals surface area contributed by atoms with Crippen LogP contribution in [0.15, 0.2) is 60.7 Å². The van der Waals surface area contributed by atoms with Crippen LogP contribution in [0.2, 0.25) is 0 Å². The first kappa shape index (κ1) is 20.4. The number of methoxy groups -OCH3 is 1. The number of amides is 1. The van der Waals surface area contributed by atoms with E-state index in [4.69, 9.17) is 14.2 Å². The Balaban J connectivity index is 1.54. The maximum atomic E-state index is 13.1. The number of nitrogens with one attached hydrogen (secondary N) is 1. The third-order valence-corrected chi connectivity index (χ3v) is 5.79. The van der Waals surface area contributed by atoms with Crippen LogP contribution in [-0.4, -0.2) is 55.4 Å². The van der Waals surface area contributed by atoms with Gasteiger partial charge in [-0.05, 0) is 11.1 Å². The molecule has 0 aromatic heterocycles. The predicted octanol–water partition coefficient (Wildman–Crippen LogP) is 2.35. The van der Waals surface area contributed by atoms with E-state index in [0.717, 1.165) is 11.1 Å². The van der Waals surface area contributed by atoms with Gasteiger partial charge in [0.05, 0.1) is 26.4 Å². The van der Waals surface area contributed by atoms with E-state index in [1.54, 1.807) is 0 Å². The van der Waals surface area contributed by atoms with Crippen LogP contribution in [0.5, 0.6) is 0 Å². The standard InChI is InChI=1S/C23H26N2O5/c1-28-23(27)25-19-15-29-14-18(19)20(24-12-16-8-4-2-5-9-16)21(25)22(26)30-13-17-10-6-3-7-11-17/h2-11,18-21,24H,12-15H2,1H3/t18-,19+,20-,21+/m0/s1. The molecule has 0 radical (unpaired) electrons. The molecule has 7 nitrogen and oxygen atoms in total. The van der Waals surface area contributed by atoms with Gasteiger partial charge in [-0.15, -0.1) is 0 Å². The molecule has 30 heavy (non-hydrogen) atoms. The molecule has 0 saturated carbocycles. The van der Waals surface area contributed by atoms with Crippen molar-refractivity contribution < 1.29 is 23.8 Å². The maximum Gasteiger partial charge on any atom is 0.410 e. The molecule has 0 bridgehead atoms. The molecule has 158 valence electrons. The number of nitrogens with zero attached hydrogens (tertiary/aromatic N) is 1. The lowest BCUT2D eigenvalue weighted by molar-refractivity contribution is -0.151. The highest BCUT2D eigenvalue weighted by Gasteiger charge is 2.57. The third kappa shape index (κ3) is 4.17. The number of carbonyl (C=O) groups is 2. The molecule has 0 unspecified atom stereocenters. The summed E-state index contributed by atoms with van der Waals surface area (Å²) in [6.07, 6.45) is -0.541. The zero-order valence-corrected chi connectivity index (χ0v) is 16.9. The summed E-state index contributed by atoms with van der Waals surface area (Å²) in [4.78, 5) is 27.2. The van der Waals surface area contributed by atoms with Gasteiger partial charge in [0.25, 0.3) is 0 Å². The van der Waals surface area contributed by atoms with Crippen molar-refractivity contribution in [3.05, 3.63) is 71.8 Å². The van der Waals surface area contributed by atoms with Crippen LogP contribution in [0, 0.1) is 5.92 Å². The number of fused-ring (bicyclic) bond motifs is 1. The summed E-state index contributed by atoms with van der Waals surface area (Å²) in [5, 5.41) is 3.48. The van der Waals surface area contributed by atoms with E-state index in [9.17, 15) is 9.59 Å². The van der Waals surface area contributed by atoms with Gasteiger partial charge in [-0.2, -0.15) is 0 Å². The van der Waals surface area contributed by atoms with Gasteiger partial charge in [-0.25, -0.2) is 9.59 Å². The number of ether oxygens (including phenoxy) is 3. The lowest BCUT2D eigenvalue weighted by atomic mass is 9.96. The van der Waals surface area contributed by atoms with Gasteiger partial charge in [0, 0.05) is 18.5 Å². The normalized spacial score (nSPS) is 25.0. The number of esters is 1. The molecule has 2 fully saturated rings. The van der Waals surface area contributed by atoms with Gasteiger partial charge in [0.2, 0.25) is 0 Å². The molecule has 1 N–H and O–H groups in total. The van der Waals surface area contributed by atoms with Crippen LogP contribution in [-0.2, 0) is 32.2 Å². The lowest BCUT2D eigenvalue weighted by Crippen LogP contribution is -2.52. The minimum absolute atomic E-state index is 0.0120. The second-order valence-corrected chi connectivity index (χ2v) is 7.58. The molecule has 0 aliphatic carbocycles. The number of carbonyl (C=O) groups excluding carboxylic acids is 2. The summed E-state index contributed by atoms with van der Waals surface area (Å²) in [6.45, 7) is 1.59. The largest absolute Gasteiger partial charge is 0.459 e. The van der Waals surface area contributed by atoms with Crippen LogP contribution in [0.4, 0.5) is 4.79 Å². The molecular formula is C23H26N2O5. The van der Waals surface area contributed by atoms with Crippen LogP contribution >= 0.6 is 0 Å². The summed E-state index contributed by atoms with van der Waals surface area (Å²) < 4.78 is 16.2. The van der Waals surface area contributed by atoms with Crippen LogP contribution in [0.3, 0.4) is 0 Å². The van der Waals surface area contributed by atoms with E-state index in [1.165, 1.54) is 12.0 Å². The summed E-state index contributed by atoms with van der Waals surface area (Å²) in [5.74, 6) is -0.452. The number of hydrogen-bond donors (Lipinski definition) is 1. The highest BCUT2D eigenvalue weighted by Crippen LogP contribution is 2.36. The Kier molecular flexibility index (Phi) is 6.30. The smallest absolute Gasteiger partial charge is 0.410 e. The Morgan fingerprint density at radius 3 is 2.37 bits per heavy atom.